The van der Waals surface area contributed by atoms with Crippen LogP contribution in [-0.4, -0.2) is 22.0 Å². The number of anilines is 1. The molecule has 0 radical (unpaired) electrons. The Morgan fingerprint density at radius 3 is 2.81 bits per heavy atom. The Morgan fingerprint density at radius 1 is 1.19 bits per heavy atom. The van der Waals surface area contributed by atoms with E-state index in [9.17, 15) is 0 Å². The Bertz CT molecular complexity index is 447. The van der Waals surface area contributed by atoms with Gasteiger partial charge in [-0.3, -0.25) is 15.0 Å². The SMILES string of the molecule is CNc1ccncc1OCc1cnccn1. The highest BCUT2D eigenvalue weighted by molar-refractivity contribution is 5.53. The fourth-order valence-corrected chi connectivity index (χ4v) is 1.26. The van der Waals surface area contributed by atoms with Crippen LogP contribution in [0.25, 0.3) is 0 Å². The van der Waals surface area contributed by atoms with Crippen LogP contribution < -0.4 is 10.1 Å². The summed E-state index contributed by atoms with van der Waals surface area (Å²) < 4.78 is 5.59. The van der Waals surface area contributed by atoms with Gasteiger partial charge in [-0.1, -0.05) is 0 Å². The topological polar surface area (TPSA) is 59.9 Å². The predicted octanol–water partition coefficient (Wildman–Crippen LogP) is 1.49. The summed E-state index contributed by atoms with van der Waals surface area (Å²) in [5.74, 6) is 0.704. The van der Waals surface area contributed by atoms with Crippen LogP contribution in [0.15, 0.2) is 37.1 Å². The van der Waals surface area contributed by atoms with E-state index < -0.39 is 0 Å². The molecule has 0 saturated carbocycles. The van der Waals surface area contributed by atoms with Crippen molar-refractivity contribution in [1.82, 2.24) is 15.0 Å². The van der Waals surface area contributed by atoms with Crippen LogP contribution in [-0.2, 0) is 6.61 Å². The highest BCUT2D eigenvalue weighted by Crippen LogP contribution is 2.22. The van der Waals surface area contributed by atoms with E-state index in [1.54, 1.807) is 31.0 Å². The molecule has 2 rings (SSSR count). The Hall–Kier alpha value is -2.17. The standard InChI is InChI=1S/C11H12N4O/c1-12-10-2-3-13-7-11(10)16-8-9-6-14-4-5-15-9/h2-7H,8H2,1H3,(H,12,13). The monoisotopic (exact) mass is 216 g/mol. The Labute approximate surface area is 93.5 Å². The molecule has 5 heteroatoms. The van der Waals surface area contributed by atoms with Gasteiger partial charge in [0, 0.05) is 25.6 Å². The normalized spacial score (nSPS) is 9.81. The van der Waals surface area contributed by atoms with Gasteiger partial charge in [0.25, 0.3) is 0 Å². The molecule has 0 aliphatic rings. The quantitative estimate of drug-likeness (QED) is 0.839. The van der Waals surface area contributed by atoms with E-state index in [4.69, 9.17) is 4.74 Å². The minimum Gasteiger partial charge on any atom is -0.483 e. The van der Waals surface area contributed by atoms with Crippen molar-refractivity contribution in [3.8, 4) is 5.75 Å². The summed E-state index contributed by atoms with van der Waals surface area (Å²) in [5, 5.41) is 3.03. The fraction of sp³-hybridized carbons (Fsp3) is 0.182. The van der Waals surface area contributed by atoms with E-state index in [0.29, 0.717) is 12.4 Å². The Morgan fingerprint density at radius 2 is 2.06 bits per heavy atom. The molecule has 0 bridgehead atoms. The summed E-state index contributed by atoms with van der Waals surface area (Å²) in [6.07, 6.45) is 8.33. The lowest BCUT2D eigenvalue weighted by Gasteiger charge is -2.09. The van der Waals surface area contributed by atoms with E-state index in [0.717, 1.165) is 11.4 Å². The van der Waals surface area contributed by atoms with Gasteiger partial charge < -0.3 is 10.1 Å². The van der Waals surface area contributed by atoms with Crippen molar-refractivity contribution < 1.29 is 4.74 Å². The molecular weight excluding hydrogens is 204 g/mol. The van der Waals surface area contributed by atoms with Gasteiger partial charge in [0.2, 0.25) is 0 Å². The zero-order valence-electron chi connectivity index (χ0n) is 8.92. The largest absolute Gasteiger partial charge is 0.483 e. The molecular formula is C11H12N4O. The van der Waals surface area contributed by atoms with Crippen molar-refractivity contribution in [2.75, 3.05) is 12.4 Å². The second-order valence-corrected chi connectivity index (χ2v) is 3.11. The minimum atomic E-state index is 0.383. The molecule has 0 aromatic carbocycles. The molecule has 2 heterocycles. The van der Waals surface area contributed by atoms with Crippen LogP contribution in [0, 0.1) is 0 Å². The molecule has 0 unspecified atom stereocenters. The number of hydrogen-bond acceptors (Lipinski definition) is 5. The highest BCUT2D eigenvalue weighted by Gasteiger charge is 2.02. The van der Waals surface area contributed by atoms with Gasteiger partial charge in [-0.25, -0.2) is 0 Å². The molecule has 0 aliphatic carbocycles. The second kappa shape index (κ2) is 5.06. The van der Waals surface area contributed by atoms with E-state index in [1.165, 1.54) is 0 Å². The molecule has 1 N–H and O–H groups in total. The molecule has 2 aromatic rings. The van der Waals surface area contributed by atoms with Gasteiger partial charge in [0.15, 0.2) is 5.75 Å². The molecule has 0 atom stereocenters. The maximum Gasteiger partial charge on any atom is 0.161 e. The lowest BCUT2D eigenvalue weighted by molar-refractivity contribution is 0.301. The van der Waals surface area contributed by atoms with Crippen LogP contribution in [0.2, 0.25) is 0 Å². The molecule has 0 aliphatic heterocycles. The van der Waals surface area contributed by atoms with Crippen LogP contribution in [0.3, 0.4) is 0 Å². The Kier molecular flexibility index (Phi) is 3.28. The summed E-state index contributed by atoms with van der Waals surface area (Å²) in [5.41, 5.74) is 1.69. The van der Waals surface area contributed by atoms with Gasteiger partial charge in [-0.15, -0.1) is 0 Å². The fourth-order valence-electron chi connectivity index (χ4n) is 1.26. The number of pyridine rings is 1. The van der Waals surface area contributed by atoms with Crippen molar-refractivity contribution in [2.45, 2.75) is 6.61 Å². The summed E-state index contributed by atoms with van der Waals surface area (Å²) in [6.45, 7) is 0.383. The lowest BCUT2D eigenvalue weighted by atomic mass is 10.4. The number of aromatic nitrogens is 3. The first-order valence-corrected chi connectivity index (χ1v) is 4.89. The smallest absolute Gasteiger partial charge is 0.161 e. The molecule has 5 nitrogen and oxygen atoms in total. The van der Waals surface area contributed by atoms with Gasteiger partial charge >= 0.3 is 0 Å². The minimum absolute atomic E-state index is 0.383. The van der Waals surface area contributed by atoms with E-state index in [-0.39, 0.29) is 0 Å². The third kappa shape index (κ3) is 2.44. The molecule has 0 fully saturated rings. The summed E-state index contributed by atoms with van der Waals surface area (Å²) in [7, 11) is 1.84. The first-order valence-electron chi connectivity index (χ1n) is 4.89. The molecule has 16 heavy (non-hydrogen) atoms. The number of hydrogen-bond donors (Lipinski definition) is 1. The van der Waals surface area contributed by atoms with Gasteiger partial charge in [-0.2, -0.15) is 0 Å². The number of nitrogens with zero attached hydrogens (tertiary/aromatic N) is 3. The summed E-state index contributed by atoms with van der Waals surface area (Å²) >= 11 is 0. The maximum atomic E-state index is 5.59. The van der Waals surface area contributed by atoms with Crippen molar-refractivity contribution in [2.24, 2.45) is 0 Å². The first-order chi connectivity index (χ1) is 7.90. The average molecular weight is 216 g/mol. The van der Waals surface area contributed by atoms with Crippen LogP contribution in [0.1, 0.15) is 5.69 Å². The summed E-state index contributed by atoms with van der Waals surface area (Å²) in [6, 6.07) is 1.85. The van der Waals surface area contributed by atoms with Crippen molar-refractivity contribution >= 4 is 5.69 Å². The second-order valence-electron chi connectivity index (χ2n) is 3.11. The van der Waals surface area contributed by atoms with Crippen LogP contribution in [0.4, 0.5) is 5.69 Å². The zero-order chi connectivity index (χ0) is 11.2. The number of nitrogens with one attached hydrogen (secondary N) is 1. The average Bonchev–Trinajstić information content (AvgIpc) is 2.38. The lowest BCUT2D eigenvalue weighted by Crippen LogP contribution is -2.01. The molecule has 0 saturated heterocycles. The molecule has 0 spiro atoms. The third-order valence-corrected chi connectivity index (χ3v) is 2.05. The van der Waals surface area contributed by atoms with E-state index in [2.05, 4.69) is 20.3 Å². The summed E-state index contributed by atoms with van der Waals surface area (Å²) in [4.78, 5) is 12.1. The molecule has 0 amide bonds. The first kappa shape index (κ1) is 10.4. The van der Waals surface area contributed by atoms with Gasteiger partial charge in [-0.05, 0) is 6.07 Å². The van der Waals surface area contributed by atoms with Crippen molar-refractivity contribution in [1.29, 1.82) is 0 Å². The van der Waals surface area contributed by atoms with Crippen molar-refractivity contribution in [3.63, 3.8) is 0 Å². The number of ether oxygens (including phenoxy) is 1. The van der Waals surface area contributed by atoms with Gasteiger partial charge in [0.05, 0.1) is 23.8 Å². The van der Waals surface area contributed by atoms with E-state index >= 15 is 0 Å². The Balaban J connectivity index is 2.05. The highest BCUT2D eigenvalue weighted by atomic mass is 16.5. The zero-order valence-corrected chi connectivity index (χ0v) is 8.92. The van der Waals surface area contributed by atoms with Crippen molar-refractivity contribution in [3.05, 3.63) is 42.7 Å². The maximum absolute atomic E-state index is 5.59. The third-order valence-electron chi connectivity index (χ3n) is 2.05. The molecule has 2 aromatic heterocycles. The van der Waals surface area contributed by atoms with Crippen LogP contribution >= 0.6 is 0 Å². The van der Waals surface area contributed by atoms with Gasteiger partial charge in [0.1, 0.15) is 6.61 Å². The predicted molar refractivity (Wildman–Crippen MR) is 60.1 cm³/mol. The molecule has 82 valence electrons. The van der Waals surface area contributed by atoms with Crippen LogP contribution in [0.5, 0.6) is 5.75 Å². The number of rotatable bonds is 4. The van der Waals surface area contributed by atoms with E-state index in [1.807, 2.05) is 13.1 Å².